The van der Waals surface area contributed by atoms with Gasteiger partial charge >= 0.3 is 135 Å². The molecule has 0 heterocycles. The molecule has 0 aromatic heterocycles. The number of carbonyl (C=O) groups is 2. The summed E-state index contributed by atoms with van der Waals surface area (Å²) in [7, 11) is 0. The molecular formula is C17H17NO3Se. The SMILES string of the molecule is O=C(C[Se]c1ccccc1)NC(Cc1ccccc1)C(=O)O. The predicted octanol–water partition coefficient (Wildman–Crippen LogP) is 1.25. The van der Waals surface area contributed by atoms with Crippen molar-refractivity contribution in [1.29, 1.82) is 0 Å². The van der Waals surface area contributed by atoms with Crippen LogP contribution in [0.2, 0.25) is 5.32 Å². The topological polar surface area (TPSA) is 66.4 Å². The second kappa shape index (κ2) is 8.37. The number of rotatable bonds is 7. The molecule has 4 nitrogen and oxygen atoms in total. The summed E-state index contributed by atoms with van der Waals surface area (Å²) < 4.78 is 1.13. The van der Waals surface area contributed by atoms with Crippen LogP contribution in [0.4, 0.5) is 0 Å². The molecule has 2 rings (SSSR count). The fourth-order valence-electron chi connectivity index (χ4n) is 1.95. The van der Waals surface area contributed by atoms with E-state index in [0.29, 0.717) is 11.7 Å². The Morgan fingerprint density at radius 3 is 2.18 bits per heavy atom. The molecule has 2 N–H and O–H groups in total. The molecule has 22 heavy (non-hydrogen) atoms. The third-order valence-corrected chi connectivity index (χ3v) is 5.15. The number of hydrogen-bond acceptors (Lipinski definition) is 2. The number of amides is 1. The Morgan fingerprint density at radius 2 is 1.59 bits per heavy atom. The predicted molar refractivity (Wildman–Crippen MR) is 86.3 cm³/mol. The number of carboxylic acid groups (broad SMARTS) is 1. The van der Waals surface area contributed by atoms with Crippen LogP contribution in [0.5, 0.6) is 0 Å². The van der Waals surface area contributed by atoms with Crippen molar-refractivity contribution in [2.45, 2.75) is 17.8 Å². The summed E-state index contributed by atoms with van der Waals surface area (Å²) >= 11 is 0.0150. The zero-order valence-electron chi connectivity index (χ0n) is 11.9. The van der Waals surface area contributed by atoms with Gasteiger partial charge in [0.05, 0.1) is 0 Å². The third-order valence-electron chi connectivity index (χ3n) is 3.03. The Balaban J connectivity index is 1.88. The second-order valence-corrected chi connectivity index (χ2v) is 6.95. The fourth-order valence-corrected chi connectivity index (χ4v) is 3.48. The summed E-state index contributed by atoms with van der Waals surface area (Å²) in [5.41, 5.74) is 0.892. The van der Waals surface area contributed by atoms with Gasteiger partial charge in [0.15, 0.2) is 0 Å². The number of aliphatic carboxylic acids is 1. The molecule has 1 amide bonds. The van der Waals surface area contributed by atoms with E-state index in [2.05, 4.69) is 5.32 Å². The number of nitrogens with one attached hydrogen (secondary N) is 1. The summed E-state index contributed by atoms with van der Waals surface area (Å²) in [5, 5.41) is 12.2. The number of carbonyl (C=O) groups excluding carboxylic acids is 1. The first-order valence-electron chi connectivity index (χ1n) is 6.89. The van der Waals surface area contributed by atoms with Crippen LogP contribution in [0.3, 0.4) is 0 Å². The summed E-state index contributed by atoms with van der Waals surface area (Å²) in [5.74, 6) is -1.23. The Bertz CT molecular complexity index is 616. The van der Waals surface area contributed by atoms with E-state index in [1.807, 2.05) is 60.7 Å². The van der Waals surface area contributed by atoms with Crippen LogP contribution >= 0.6 is 0 Å². The van der Waals surface area contributed by atoms with Gasteiger partial charge in [-0.05, 0) is 0 Å². The van der Waals surface area contributed by atoms with Gasteiger partial charge in [0.2, 0.25) is 0 Å². The minimum atomic E-state index is -1.01. The molecule has 0 fully saturated rings. The maximum absolute atomic E-state index is 12.0. The summed E-state index contributed by atoms with van der Waals surface area (Å²) in [6.45, 7) is 0. The summed E-state index contributed by atoms with van der Waals surface area (Å²) in [4.78, 5) is 23.3. The molecule has 0 saturated carbocycles. The van der Waals surface area contributed by atoms with E-state index in [1.54, 1.807) is 0 Å². The second-order valence-electron chi connectivity index (χ2n) is 4.75. The molecule has 0 radical (unpaired) electrons. The quantitative estimate of drug-likeness (QED) is 0.729. The van der Waals surface area contributed by atoms with Crippen molar-refractivity contribution >= 4 is 31.3 Å². The van der Waals surface area contributed by atoms with Crippen LogP contribution in [-0.2, 0) is 16.0 Å². The molecule has 114 valence electrons. The van der Waals surface area contributed by atoms with E-state index in [4.69, 9.17) is 0 Å². The van der Waals surface area contributed by atoms with Gasteiger partial charge in [-0.15, -0.1) is 0 Å². The molecule has 5 heteroatoms. The minimum absolute atomic E-state index is 0.0150. The van der Waals surface area contributed by atoms with Crippen molar-refractivity contribution in [2.75, 3.05) is 0 Å². The van der Waals surface area contributed by atoms with E-state index in [0.717, 1.165) is 10.0 Å². The molecule has 0 aliphatic carbocycles. The van der Waals surface area contributed by atoms with Crippen molar-refractivity contribution in [3.8, 4) is 0 Å². The first-order chi connectivity index (χ1) is 10.6. The van der Waals surface area contributed by atoms with Gasteiger partial charge in [0, 0.05) is 0 Å². The van der Waals surface area contributed by atoms with Gasteiger partial charge in [-0.2, -0.15) is 0 Å². The van der Waals surface area contributed by atoms with Crippen LogP contribution in [0.1, 0.15) is 5.56 Å². The van der Waals surface area contributed by atoms with Crippen LogP contribution in [0.15, 0.2) is 60.7 Å². The zero-order chi connectivity index (χ0) is 15.8. The van der Waals surface area contributed by atoms with E-state index in [-0.39, 0.29) is 20.9 Å². The zero-order valence-corrected chi connectivity index (χ0v) is 13.7. The van der Waals surface area contributed by atoms with Gasteiger partial charge in [-0.3, -0.25) is 0 Å². The van der Waals surface area contributed by atoms with E-state index in [9.17, 15) is 14.7 Å². The molecular weight excluding hydrogens is 345 g/mol. The van der Waals surface area contributed by atoms with Crippen molar-refractivity contribution in [3.63, 3.8) is 0 Å². The van der Waals surface area contributed by atoms with Gasteiger partial charge in [0.25, 0.3) is 0 Å². The Morgan fingerprint density at radius 1 is 1.00 bits per heavy atom. The van der Waals surface area contributed by atoms with Crippen LogP contribution < -0.4 is 9.78 Å². The third kappa shape index (κ3) is 5.35. The summed E-state index contributed by atoms with van der Waals surface area (Å²) in [6.07, 6.45) is 0.292. The molecule has 0 aliphatic heterocycles. The van der Waals surface area contributed by atoms with Crippen molar-refractivity contribution in [1.82, 2.24) is 5.32 Å². The van der Waals surface area contributed by atoms with Crippen LogP contribution in [-0.4, -0.2) is 38.0 Å². The summed E-state index contributed by atoms with van der Waals surface area (Å²) in [6, 6.07) is 18.2. The van der Waals surface area contributed by atoms with Crippen molar-refractivity contribution in [3.05, 3.63) is 66.2 Å². The van der Waals surface area contributed by atoms with Crippen molar-refractivity contribution in [2.24, 2.45) is 0 Å². The van der Waals surface area contributed by atoms with Gasteiger partial charge in [-0.25, -0.2) is 0 Å². The first kappa shape index (κ1) is 16.3. The fraction of sp³-hybridized carbons (Fsp3) is 0.176. The average molecular weight is 362 g/mol. The van der Waals surface area contributed by atoms with Crippen LogP contribution in [0, 0.1) is 0 Å². The van der Waals surface area contributed by atoms with Gasteiger partial charge < -0.3 is 0 Å². The van der Waals surface area contributed by atoms with Gasteiger partial charge in [-0.1, -0.05) is 0 Å². The maximum atomic E-state index is 12.0. The number of benzene rings is 2. The Hall–Kier alpha value is -2.10. The van der Waals surface area contributed by atoms with E-state index >= 15 is 0 Å². The monoisotopic (exact) mass is 363 g/mol. The normalized spacial score (nSPS) is 11.6. The molecule has 2 aromatic carbocycles. The van der Waals surface area contributed by atoms with E-state index < -0.39 is 12.0 Å². The molecule has 0 spiro atoms. The number of carboxylic acids is 1. The average Bonchev–Trinajstić information content (AvgIpc) is 2.54. The molecule has 1 unspecified atom stereocenters. The van der Waals surface area contributed by atoms with Crippen molar-refractivity contribution < 1.29 is 14.7 Å². The molecule has 0 aliphatic rings. The molecule has 1 atom stereocenters. The first-order valence-corrected chi connectivity index (χ1v) is 8.96. The Labute approximate surface area is 135 Å². The Kier molecular flexibility index (Phi) is 6.19. The molecule has 0 bridgehead atoms. The molecule has 0 saturated heterocycles. The van der Waals surface area contributed by atoms with E-state index in [1.165, 1.54) is 0 Å². The van der Waals surface area contributed by atoms with Crippen LogP contribution in [0.25, 0.3) is 0 Å². The standard InChI is InChI=1S/C17H17NO3Se/c19-16(12-22-14-9-5-2-6-10-14)18-15(17(20)21)11-13-7-3-1-4-8-13/h1-10,15H,11-12H2,(H,18,19)(H,20,21). The number of hydrogen-bond donors (Lipinski definition) is 2. The molecule has 2 aromatic rings. The van der Waals surface area contributed by atoms with Gasteiger partial charge in [0.1, 0.15) is 0 Å².